The number of fused-ring (bicyclic) bond motifs is 1. The van der Waals surface area contributed by atoms with Crippen LogP contribution in [0.5, 0.6) is 0 Å². The molecular weight excluding hydrogens is 212 g/mol. The second-order valence-electron chi connectivity index (χ2n) is 4.81. The Morgan fingerprint density at radius 3 is 3.00 bits per heavy atom. The highest BCUT2D eigenvalue weighted by Crippen LogP contribution is 2.29. The number of nitrogens with two attached hydrogens (primary N) is 1. The van der Waals surface area contributed by atoms with E-state index in [2.05, 4.69) is 28.7 Å². The van der Waals surface area contributed by atoms with Crippen molar-refractivity contribution < 1.29 is 0 Å². The van der Waals surface area contributed by atoms with Gasteiger partial charge in [-0.25, -0.2) is 4.98 Å². The zero-order valence-corrected chi connectivity index (χ0v) is 10.1. The summed E-state index contributed by atoms with van der Waals surface area (Å²) < 4.78 is 2.09. The van der Waals surface area contributed by atoms with Crippen molar-refractivity contribution in [3.05, 3.63) is 35.8 Å². The van der Waals surface area contributed by atoms with E-state index in [4.69, 9.17) is 10.7 Å². The van der Waals surface area contributed by atoms with Crippen LogP contribution in [0.1, 0.15) is 30.1 Å². The van der Waals surface area contributed by atoms with Crippen LogP contribution in [0.4, 0.5) is 0 Å². The van der Waals surface area contributed by atoms with E-state index >= 15 is 0 Å². The summed E-state index contributed by atoms with van der Waals surface area (Å²) in [5.41, 5.74) is 8.98. The summed E-state index contributed by atoms with van der Waals surface area (Å²) in [6.45, 7) is 1.75. The molecule has 17 heavy (non-hydrogen) atoms. The molecule has 0 bridgehead atoms. The predicted molar refractivity (Wildman–Crippen MR) is 67.7 cm³/mol. The Hall–Kier alpha value is -1.39. The molecule has 2 aromatic rings. The lowest BCUT2D eigenvalue weighted by Gasteiger charge is -2.16. The van der Waals surface area contributed by atoms with Crippen molar-refractivity contribution in [1.29, 1.82) is 0 Å². The van der Waals surface area contributed by atoms with Crippen molar-refractivity contribution in [2.24, 2.45) is 5.73 Å². The SMILES string of the molecule is CN1CCCC1c1cn2cc(CN)ccc2n1. The molecule has 1 aliphatic rings. The van der Waals surface area contributed by atoms with Crippen LogP contribution >= 0.6 is 0 Å². The second kappa shape index (κ2) is 4.13. The van der Waals surface area contributed by atoms with Gasteiger partial charge >= 0.3 is 0 Å². The molecule has 90 valence electrons. The summed E-state index contributed by atoms with van der Waals surface area (Å²) in [6, 6.07) is 4.57. The van der Waals surface area contributed by atoms with E-state index in [1.807, 2.05) is 12.1 Å². The van der Waals surface area contributed by atoms with Crippen LogP contribution in [-0.2, 0) is 6.54 Å². The molecule has 4 nitrogen and oxygen atoms in total. The normalized spacial score (nSPS) is 21.4. The van der Waals surface area contributed by atoms with Crippen molar-refractivity contribution in [2.45, 2.75) is 25.4 Å². The van der Waals surface area contributed by atoms with E-state index < -0.39 is 0 Å². The van der Waals surface area contributed by atoms with Crippen LogP contribution in [0.2, 0.25) is 0 Å². The van der Waals surface area contributed by atoms with Gasteiger partial charge in [0, 0.05) is 18.9 Å². The average molecular weight is 230 g/mol. The molecule has 1 unspecified atom stereocenters. The summed E-state index contributed by atoms with van der Waals surface area (Å²) in [5.74, 6) is 0. The lowest BCUT2D eigenvalue weighted by molar-refractivity contribution is 0.313. The third-order valence-corrected chi connectivity index (χ3v) is 3.63. The number of imidazole rings is 1. The van der Waals surface area contributed by atoms with Crippen molar-refractivity contribution in [1.82, 2.24) is 14.3 Å². The molecule has 1 atom stereocenters. The van der Waals surface area contributed by atoms with Crippen LogP contribution in [0.15, 0.2) is 24.5 Å². The Morgan fingerprint density at radius 2 is 2.29 bits per heavy atom. The zero-order valence-electron chi connectivity index (χ0n) is 10.1. The Bertz CT molecular complexity index is 531. The molecule has 0 radical (unpaired) electrons. The van der Waals surface area contributed by atoms with Gasteiger partial charge in [-0.05, 0) is 38.1 Å². The first kappa shape index (κ1) is 10.7. The first-order valence-electron chi connectivity index (χ1n) is 6.16. The van der Waals surface area contributed by atoms with Crippen LogP contribution in [-0.4, -0.2) is 27.9 Å². The molecule has 0 aliphatic carbocycles. The molecule has 2 N–H and O–H groups in total. The van der Waals surface area contributed by atoms with Gasteiger partial charge in [0.25, 0.3) is 0 Å². The minimum absolute atomic E-state index is 0.483. The number of aromatic nitrogens is 2. The van der Waals surface area contributed by atoms with Crippen LogP contribution in [0.3, 0.4) is 0 Å². The van der Waals surface area contributed by atoms with E-state index in [9.17, 15) is 0 Å². The van der Waals surface area contributed by atoms with Gasteiger partial charge in [-0.3, -0.25) is 4.90 Å². The maximum atomic E-state index is 5.65. The fourth-order valence-corrected chi connectivity index (χ4v) is 2.62. The van der Waals surface area contributed by atoms with Crippen molar-refractivity contribution in [2.75, 3.05) is 13.6 Å². The van der Waals surface area contributed by atoms with E-state index in [0.717, 1.165) is 11.2 Å². The second-order valence-corrected chi connectivity index (χ2v) is 4.81. The van der Waals surface area contributed by atoms with Crippen LogP contribution in [0, 0.1) is 0 Å². The minimum atomic E-state index is 0.483. The molecule has 3 heterocycles. The number of hydrogen-bond acceptors (Lipinski definition) is 3. The molecule has 1 saturated heterocycles. The topological polar surface area (TPSA) is 46.6 Å². The number of rotatable bonds is 2. The summed E-state index contributed by atoms with van der Waals surface area (Å²) in [7, 11) is 2.17. The third kappa shape index (κ3) is 1.83. The molecule has 0 aromatic carbocycles. The molecule has 3 rings (SSSR count). The largest absolute Gasteiger partial charge is 0.326 e. The molecule has 1 fully saturated rings. The van der Waals surface area contributed by atoms with Crippen molar-refractivity contribution in [3.63, 3.8) is 0 Å². The highest BCUT2D eigenvalue weighted by atomic mass is 15.2. The Morgan fingerprint density at radius 1 is 1.41 bits per heavy atom. The van der Waals surface area contributed by atoms with Crippen molar-refractivity contribution >= 4 is 5.65 Å². The predicted octanol–water partition coefficient (Wildman–Crippen LogP) is 1.56. The quantitative estimate of drug-likeness (QED) is 0.851. The van der Waals surface area contributed by atoms with Gasteiger partial charge in [-0.15, -0.1) is 0 Å². The number of pyridine rings is 1. The molecule has 0 amide bonds. The summed E-state index contributed by atoms with van der Waals surface area (Å²) in [4.78, 5) is 7.08. The summed E-state index contributed by atoms with van der Waals surface area (Å²) in [5, 5.41) is 0. The number of hydrogen-bond donors (Lipinski definition) is 1. The van der Waals surface area contributed by atoms with Gasteiger partial charge in [0.05, 0.1) is 11.7 Å². The van der Waals surface area contributed by atoms with Gasteiger partial charge in [0.2, 0.25) is 0 Å². The van der Waals surface area contributed by atoms with E-state index in [1.54, 1.807) is 0 Å². The van der Waals surface area contributed by atoms with Crippen LogP contribution in [0.25, 0.3) is 5.65 Å². The van der Waals surface area contributed by atoms with Gasteiger partial charge in [-0.1, -0.05) is 6.07 Å². The number of nitrogens with zero attached hydrogens (tertiary/aromatic N) is 3. The Labute approximate surface area is 101 Å². The Kier molecular flexibility index (Phi) is 2.61. The van der Waals surface area contributed by atoms with Gasteiger partial charge in [-0.2, -0.15) is 0 Å². The van der Waals surface area contributed by atoms with Gasteiger partial charge in [0.15, 0.2) is 0 Å². The minimum Gasteiger partial charge on any atom is -0.326 e. The van der Waals surface area contributed by atoms with E-state index in [-0.39, 0.29) is 0 Å². The maximum absolute atomic E-state index is 5.65. The zero-order chi connectivity index (χ0) is 11.8. The summed E-state index contributed by atoms with van der Waals surface area (Å²) >= 11 is 0. The van der Waals surface area contributed by atoms with Crippen LogP contribution < -0.4 is 5.73 Å². The molecule has 1 aliphatic heterocycles. The third-order valence-electron chi connectivity index (χ3n) is 3.63. The fourth-order valence-electron chi connectivity index (χ4n) is 2.62. The van der Waals surface area contributed by atoms with Crippen molar-refractivity contribution in [3.8, 4) is 0 Å². The summed E-state index contributed by atoms with van der Waals surface area (Å²) in [6.07, 6.45) is 6.69. The highest BCUT2D eigenvalue weighted by Gasteiger charge is 2.24. The molecular formula is C13H18N4. The lowest BCUT2D eigenvalue weighted by atomic mass is 10.2. The molecule has 0 spiro atoms. The molecule has 2 aromatic heterocycles. The van der Waals surface area contributed by atoms with Gasteiger partial charge in [0.1, 0.15) is 5.65 Å². The highest BCUT2D eigenvalue weighted by molar-refractivity contribution is 5.42. The maximum Gasteiger partial charge on any atom is 0.137 e. The first-order valence-corrected chi connectivity index (χ1v) is 6.16. The fraction of sp³-hybridized carbons (Fsp3) is 0.462. The molecule has 0 saturated carbocycles. The monoisotopic (exact) mass is 230 g/mol. The van der Waals surface area contributed by atoms with Gasteiger partial charge < -0.3 is 10.1 Å². The lowest BCUT2D eigenvalue weighted by Crippen LogP contribution is -2.17. The Balaban J connectivity index is 2.01. The smallest absolute Gasteiger partial charge is 0.137 e. The average Bonchev–Trinajstić information content (AvgIpc) is 2.93. The van der Waals surface area contributed by atoms with E-state index in [1.165, 1.54) is 25.1 Å². The number of likely N-dealkylation sites (tertiary alicyclic amines) is 1. The first-order chi connectivity index (χ1) is 8.28. The molecule has 4 heteroatoms. The standard InChI is InChI=1S/C13H18N4/c1-16-6-2-3-12(16)11-9-17-8-10(7-14)4-5-13(17)15-11/h4-5,8-9,12H,2-3,6-7,14H2,1H3. The van der Waals surface area contributed by atoms with E-state index in [0.29, 0.717) is 12.6 Å².